The zero-order valence-electron chi connectivity index (χ0n) is 23.5. The van der Waals surface area contributed by atoms with Crippen LogP contribution in [-0.4, -0.2) is 38.0 Å². The number of carbonyl (C=O) groups excluding carboxylic acids is 1. The lowest BCUT2D eigenvalue weighted by Crippen LogP contribution is -2.40. The van der Waals surface area contributed by atoms with Gasteiger partial charge in [0.15, 0.2) is 16.3 Å². The molecule has 0 unspecified atom stereocenters. The number of benzene rings is 3. The SMILES string of the molecule is CCOC(=O)C1=C(c2ccccc2)N=c2s/c(=C\c3cc(Cl)c(OCC)c(OC)c3)c(=O)n2[C@H]1c1ccc(OC)cc1. The fourth-order valence-corrected chi connectivity index (χ4v) is 6.08. The zero-order chi connectivity index (χ0) is 29.8. The normalized spacial score (nSPS) is 14.7. The number of carbonyl (C=O) groups is 1. The summed E-state index contributed by atoms with van der Waals surface area (Å²) in [6, 6.07) is 19.4. The first-order valence-corrected chi connectivity index (χ1v) is 14.5. The van der Waals surface area contributed by atoms with E-state index < -0.39 is 12.0 Å². The zero-order valence-corrected chi connectivity index (χ0v) is 25.1. The second-order valence-corrected chi connectivity index (χ2v) is 10.6. The summed E-state index contributed by atoms with van der Waals surface area (Å²) in [5.74, 6) is 0.998. The highest BCUT2D eigenvalue weighted by molar-refractivity contribution is 7.07. The van der Waals surface area contributed by atoms with Gasteiger partial charge in [0.2, 0.25) is 0 Å². The number of rotatable bonds is 9. The largest absolute Gasteiger partial charge is 0.497 e. The summed E-state index contributed by atoms with van der Waals surface area (Å²) in [6.45, 7) is 4.20. The van der Waals surface area contributed by atoms with Crippen molar-refractivity contribution < 1.29 is 23.7 Å². The Morgan fingerprint density at radius 3 is 2.40 bits per heavy atom. The van der Waals surface area contributed by atoms with Crippen LogP contribution in [0.4, 0.5) is 0 Å². The lowest BCUT2D eigenvalue weighted by molar-refractivity contribution is -0.138. The van der Waals surface area contributed by atoms with E-state index in [4.69, 9.17) is 35.5 Å². The molecule has 10 heteroatoms. The van der Waals surface area contributed by atoms with Gasteiger partial charge in [0.1, 0.15) is 5.75 Å². The van der Waals surface area contributed by atoms with Gasteiger partial charge in [-0.25, -0.2) is 9.79 Å². The Morgan fingerprint density at radius 2 is 1.76 bits per heavy atom. The Labute approximate surface area is 251 Å². The molecule has 0 aliphatic carbocycles. The molecule has 0 N–H and O–H groups in total. The maximum atomic E-state index is 14.1. The van der Waals surface area contributed by atoms with Gasteiger partial charge in [0, 0.05) is 5.56 Å². The van der Waals surface area contributed by atoms with E-state index in [0.717, 1.165) is 5.56 Å². The predicted molar refractivity (Wildman–Crippen MR) is 163 cm³/mol. The summed E-state index contributed by atoms with van der Waals surface area (Å²) in [7, 11) is 3.11. The van der Waals surface area contributed by atoms with Gasteiger partial charge in [0.25, 0.3) is 5.56 Å². The molecule has 0 amide bonds. The van der Waals surface area contributed by atoms with E-state index in [1.165, 1.54) is 18.4 Å². The molecule has 0 saturated carbocycles. The van der Waals surface area contributed by atoms with Gasteiger partial charge in [-0.05, 0) is 55.3 Å². The van der Waals surface area contributed by atoms with Gasteiger partial charge in [-0.3, -0.25) is 9.36 Å². The number of ether oxygens (including phenoxy) is 4. The van der Waals surface area contributed by atoms with E-state index >= 15 is 0 Å². The number of thiazole rings is 1. The lowest BCUT2D eigenvalue weighted by Gasteiger charge is -2.26. The van der Waals surface area contributed by atoms with E-state index in [-0.39, 0.29) is 17.7 Å². The molecule has 0 saturated heterocycles. The third kappa shape index (κ3) is 5.57. The molecule has 0 spiro atoms. The van der Waals surface area contributed by atoms with Gasteiger partial charge in [0.05, 0.1) is 54.3 Å². The van der Waals surface area contributed by atoms with Crippen LogP contribution in [0, 0.1) is 0 Å². The molecule has 216 valence electrons. The fraction of sp³-hybridized carbons (Fsp3) is 0.219. The number of aromatic nitrogens is 1. The molecular weight excluding hydrogens is 576 g/mol. The number of esters is 1. The molecular formula is C32H29ClN2O6S. The van der Waals surface area contributed by atoms with Crippen LogP contribution in [0.1, 0.15) is 36.6 Å². The summed E-state index contributed by atoms with van der Waals surface area (Å²) in [5, 5.41) is 0.363. The summed E-state index contributed by atoms with van der Waals surface area (Å²) in [5.41, 5.74) is 2.52. The van der Waals surface area contributed by atoms with Gasteiger partial charge >= 0.3 is 5.97 Å². The first kappa shape index (κ1) is 29.2. The maximum Gasteiger partial charge on any atom is 0.338 e. The fourth-order valence-electron chi connectivity index (χ4n) is 4.80. The molecule has 0 bridgehead atoms. The molecule has 1 aliphatic heterocycles. The number of hydrogen-bond donors (Lipinski definition) is 0. The molecule has 2 heterocycles. The standard InChI is InChI=1S/C32H29ClN2O6S/c1-5-40-29-23(33)16-19(17-24(29)39-4)18-25-30(36)35-28(21-12-14-22(38-3)15-13-21)26(31(37)41-6-2)27(34-32(35)42-25)20-10-8-7-9-11-20/h7-18,28H,5-6H2,1-4H3/b25-18-/t28-/m0/s1. The summed E-state index contributed by atoms with van der Waals surface area (Å²) in [4.78, 5) is 33.0. The summed E-state index contributed by atoms with van der Waals surface area (Å²) in [6.07, 6.45) is 1.73. The molecule has 0 radical (unpaired) electrons. The Balaban J connectivity index is 1.78. The number of hydrogen-bond acceptors (Lipinski definition) is 8. The molecule has 0 fully saturated rings. The van der Waals surface area contributed by atoms with Crippen LogP contribution in [0.5, 0.6) is 17.2 Å². The van der Waals surface area contributed by atoms with Crippen molar-refractivity contribution in [1.29, 1.82) is 0 Å². The molecule has 1 atom stereocenters. The van der Waals surface area contributed by atoms with Crippen LogP contribution >= 0.6 is 22.9 Å². The van der Waals surface area contributed by atoms with Crippen LogP contribution in [0.3, 0.4) is 0 Å². The van der Waals surface area contributed by atoms with E-state index in [9.17, 15) is 9.59 Å². The molecule has 42 heavy (non-hydrogen) atoms. The van der Waals surface area contributed by atoms with Crippen molar-refractivity contribution in [3.05, 3.63) is 114 Å². The number of fused-ring (bicyclic) bond motifs is 1. The smallest absolute Gasteiger partial charge is 0.338 e. The molecule has 3 aromatic carbocycles. The first-order valence-electron chi connectivity index (χ1n) is 13.3. The van der Waals surface area contributed by atoms with Gasteiger partial charge in [-0.1, -0.05) is 65.4 Å². The molecule has 1 aliphatic rings. The van der Waals surface area contributed by atoms with Gasteiger partial charge < -0.3 is 18.9 Å². The van der Waals surface area contributed by atoms with Crippen LogP contribution in [0.2, 0.25) is 5.02 Å². The second kappa shape index (κ2) is 12.7. The van der Waals surface area contributed by atoms with Crippen molar-refractivity contribution in [3.8, 4) is 17.2 Å². The van der Waals surface area contributed by atoms with Crippen molar-refractivity contribution >= 4 is 40.7 Å². The van der Waals surface area contributed by atoms with Crippen molar-refractivity contribution in [2.24, 2.45) is 4.99 Å². The van der Waals surface area contributed by atoms with Crippen molar-refractivity contribution in [2.75, 3.05) is 27.4 Å². The number of methoxy groups -OCH3 is 2. The van der Waals surface area contributed by atoms with Crippen LogP contribution in [-0.2, 0) is 9.53 Å². The summed E-state index contributed by atoms with van der Waals surface area (Å²) < 4.78 is 23.9. The Kier molecular flexibility index (Phi) is 8.80. The van der Waals surface area contributed by atoms with E-state index in [2.05, 4.69) is 0 Å². The Morgan fingerprint density at radius 1 is 1.02 bits per heavy atom. The highest BCUT2D eigenvalue weighted by Crippen LogP contribution is 2.37. The number of nitrogens with zero attached hydrogens (tertiary/aromatic N) is 2. The van der Waals surface area contributed by atoms with Gasteiger partial charge in [-0.15, -0.1) is 0 Å². The molecule has 8 nitrogen and oxygen atoms in total. The van der Waals surface area contributed by atoms with Gasteiger partial charge in [-0.2, -0.15) is 0 Å². The molecule has 4 aromatic rings. The van der Waals surface area contributed by atoms with E-state index in [1.54, 1.807) is 48.9 Å². The molecule has 1 aromatic heterocycles. The minimum Gasteiger partial charge on any atom is -0.497 e. The quantitative estimate of drug-likeness (QED) is 0.250. The lowest BCUT2D eigenvalue weighted by atomic mass is 9.93. The van der Waals surface area contributed by atoms with Crippen LogP contribution in [0.15, 0.2) is 82.1 Å². The maximum absolute atomic E-state index is 14.1. The van der Waals surface area contributed by atoms with Crippen molar-refractivity contribution in [2.45, 2.75) is 19.9 Å². The van der Waals surface area contributed by atoms with E-state index in [1.807, 2.05) is 49.4 Å². The minimum absolute atomic E-state index is 0.171. The second-order valence-electron chi connectivity index (χ2n) is 9.17. The predicted octanol–water partition coefficient (Wildman–Crippen LogP) is 5.00. The monoisotopic (exact) mass is 604 g/mol. The molecule has 5 rings (SSSR count). The Hall–Kier alpha value is -4.34. The number of halogens is 1. The highest BCUT2D eigenvalue weighted by atomic mass is 35.5. The average molecular weight is 605 g/mol. The van der Waals surface area contributed by atoms with E-state index in [0.29, 0.717) is 55.0 Å². The third-order valence-corrected chi connectivity index (χ3v) is 7.91. The van der Waals surface area contributed by atoms with Crippen molar-refractivity contribution in [3.63, 3.8) is 0 Å². The first-order chi connectivity index (χ1) is 20.4. The Bertz CT molecular complexity index is 1830. The minimum atomic E-state index is -0.790. The highest BCUT2D eigenvalue weighted by Gasteiger charge is 2.35. The third-order valence-electron chi connectivity index (χ3n) is 6.64. The summed E-state index contributed by atoms with van der Waals surface area (Å²) >= 11 is 7.73. The van der Waals surface area contributed by atoms with Crippen LogP contribution in [0.25, 0.3) is 11.8 Å². The van der Waals surface area contributed by atoms with Crippen molar-refractivity contribution in [1.82, 2.24) is 4.57 Å². The van der Waals surface area contributed by atoms with Crippen LogP contribution < -0.4 is 29.1 Å². The topological polar surface area (TPSA) is 88.4 Å². The average Bonchev–Trinajstić information content (AvgIpc) is 3.32.